The summed E-state index contributed by atoms with van der Waals surface area (Å²) in [4.78, 5) is 13.5. The maximum absolute atomic E-state index is 11.5. The molecule has 2 heteroatoms. The number of carbonyl (C=O) groups is 1. The third kappa shape index (κ3) is 2.38. The number of amides is 1. The second kappa shape index (κ2) is 4.47. The van der Waals surface area contributed by atoms with Gasteiger partial charge in [-0.2, -0.15) is 0 Å². The van der Waals surface area contributed by atoms with E-state index in [1.165, 1.54) is 5.56 Å². The number of carbonyl (C=O) groups excluding carboxylic acids is 1. The van der Waals surface area contributed by atoms with Crippen molar-refractivity contribution >= 4 is 5.91 Å². The lowest BCUT2D eigenvalue weighted by molar-refractivity contribution is -0.129. The van der Waals surface area contributed by atoms with Crippen LogP contribution in [-0.4, -0.2) is 23.4 Å². The Morgan fingerprint density at radius 3 is 2.67 bits per heavy atom. The van der Waals surface area contributed by atoms with Gasteiger partial charge in [0.05, 0.1) is 0 Å². The van der Waals surface area contributed by atoms with Crippen molar-refractivity contribution in [2.45, 2.75) is 32.2 Å². The van der Waals surface area contributed by atoms with E-state index in [-0.39, 0.29) is 0 Å². The standard InChI is InChI=1S/C13H17NO/c1-11(14-9-5-8-13(14)15)10-12-6-3-2-4-7-12/h2-4,6-7,11H,5,8-10H2,1H3/t11-/m0/s1. The molecule has 0 spiro atoms. The summed E-state index contributed by atoms with van der Waals surface area (Å²) in [5.41, 5.74) is 1.31. The molecule has 1 aliphatic heterocycles. The van der Waals surface area contributed by atoms with E-state index in [1.807, 2.05) is 23.1 Å². The van der Waals surface area contributed by atoms with E-state index in [1.54, 1.807) is 0 Å². The highest BCUT2D eigenvalue weighted by Gasteiger charge is 2.24. The molecule has 0 bridgehead atoms. The smallest absolute Gasteiger partial charge is 0.222 e. The highest BCUT2D eigenvalue weighted by Crippen LogP contribution is 2.16. The molecule has 1 amide bonds. The monoisotopic (exact) mass is 203 g/mol. The van der Waals surface area contributed by atoms with Crippen LogP contribution < -0.4 is 0 Å². The number of rotatable bonds is 3. The molecule has 1 saturated heterocycles. The highest BCUT2D eigenvalue weighted by molar-refractivity contribution is 5.78. The molecule has 2 rings (SSSR count). The summed E-state index contributed by atoms with van der Waals surface area (Å²) in [5.74, 6) is 0.318. The third-order valence-corrected chi connectivity index (χ3v) is 3.02. The van der Waals surface area contributed by atoms with Gasteiger partial charge in [0.15, 0.2) is 0 Å². The molecule has 1 aromatic rings. The van der Waals surface area contributed by atoms with Crippen LogP contribution in [0.3, 0.4) is 0 Å². The molecular formula is C13H17NO. The average Bonchev–Trinajstić information content (AvgIpc) is 2.66. The second-order valence-electron chi connectivity index (χ2n) is 4.23. The van der Waals surface area contributed by atoms with Gasteiger partial charge >= 0.3 is 0 Å². The Bertz CT molecular complexity index is 334. The molecule has 1 heterocycles. The lowest BCUT2D eigenvalue weighted by Crippen LogP contribution is -2.35. The summed E-state index contributed by atoms with van der Waals surface area (Å²) in [7, 11) is 0. The number of nitrogens with zero attached hydrogens (tertiary/aromatic N) is 1. The Balaban J connectivity index is 1.97. The molecule has 0 radical (unpaired) electrons. The molecular weight excluding hydrogens is 186 g/mol. The van der Waals surface area contributed by atoms with Crippen LogP contribution in [0.5, 0.6) is 0 Å². The minimum absolute atomic E-state index is 0.318. The van der Waals surface area contributed by atoms with E-state index in [4.69, 9.17) is 0 Å². The number of hydrogen-bond acceptors (Lipinski definition) is 1. The normalized spacial score (nSPS) is 18.2. The third-order valence-electron chi connectivity index (χ3n) is 3.02. The minimum Gasteiger partial charge on any atom is -0.340 e. The molecule has 1 atom stereocenters. The zero-order valence-electron chi connectivity index (χ0n) is 9.15. The SMILES string of the molecule is C[C@@H](Cc1ccccc1)N1CCCC1=O. The zero-order valence-corrected chi connectivity index (χ0v) is 9.15. The van der Waals surface area contributed by atoms with Crippen molar-refractivity contribution in [1.82, 2.24) is 4.90 Å². The van der Waals surface area contributed by atoms with Crippen LogP contribution in [-0.2, 0) is 11.2 Å². The average molecular weight is 203 g/mol. The number of benzene rings is 1. The predicted octanol–water partition coefficient (Wildman–Crippen LogP) is 2.24. The summed E-state index contributed by atoms with van der Waals surface area (Å²) in [5, 5.41) is 0. The van der Waals surface area contributed by atoms with Gasteiger partial charge in [-0.3, -0.25) is 4.79 Å². The fourth-order valence-electron chi connectivity index (χ4n) is 2.20. The lowest BCUT2D eigenvalue weighted by atomic mass is 10.1. The van der Waals surface area contributed by atoms with Crippen molar-refractivity contribution in [3.63, 3.8) is 0 Å². The highest BCUT2D eigenvalue weighted by atomic mass is 16.2. The summed E-state index contributed by atoms with van der Waals surface area (Å²) in [6.07, 6.45) is 2.73. The van der Waals surface area contributed by atoms with Gasteiger partial charge in [-0.15, -0.1) is 0 Å². The van der Waals surface area contributed by atoms with Gasteiger partial charge in [0, 0.05) is 19.0 Å². The van der Waals surface area contributed by atoms with Crippen molar-refractivity contribution in [1.29, 1.82) is 0 Å². The first kappa shape index (κ1) is 10.2. The molecule has 15 heavy (non-hydrogen) atoms. The van der Waals surface area contributed by atoms with Gasteiger partial charge in [0.1, 0.15) is 0 Å². The Labute approximate surface area is 90.9 Å². The van der Waals surface area contributed by atoms with Gasteiger partial charge in [0.2, 0.25) is 5.91 Å². The zero-order chi connectivity index (χ0) is 10.7. The second-order valence-corrected chi connectivity index (χ2v) is 4.23. The van der Waals surface area contributed by atoms with Gasteiger partial charge in [-0.1, -0.05) is 30.3 Å². The number of hydrogen-bond donors (Lipinski definition) is 0. The van der Waals surface area contributed by atoms with Gasteiger partial charge < -0.3 is 4.90 Å². The predicted molar refractivity (Wildman–Crippen MR) is 60.6 cm³/mol. The molecule has 1 aromatic carbocycles. The first-order valence-corrected chi connectivity index (χ1v) is 5.61. The van der Waals surface area contributed by atoms with Gasteiger partial charge in [0.25, 0.3) is 0 Å². The largest absolute Gasteiger partial charge is 0.340 e. The van der Waals surface area contributed by atoms with Gasteiger partial charge in [-0.25, -0.2) is 0 Å². The van der Waals surface area contributed by atoms with Crippen LogP contribution in [0.25, 0.3) is 0 Å². The summed E-state index contributed by atoms with van der Waals surface area (Å²) < 4.78 is 0. The quantitative estimate of drug-likeness (QED) is 0.737. The van der Waals surface area contributed by atoms with Crippen LogP contribution >= 0.6 is 0 Å². The van der Waals surface area contributed by atoms with Crippen LogP contribution in [0.1, 0.15) is 25.3 Å². The molecule has 0 saturated carbocycles. The van der Waals surface area contributed by atoms with E-state index in [0.717, 1.165) is 25.8 Å². The fourth-order valence-corrected chi connectivity index (χ4v) is 2.20. The summed E-state index contributed by atoms with van der Waals surface area (Å²) >= 11 is 0. The topological polar surface area (TPSA) is 20.3 Å². The van der Waals surface area contributed by atoms with E-state index in [9.17, 15) is 4.79 Å². The lowest BCUT2D eigenvalue weighted by Gasteiger charge is -2.24. The molecule has 1 fully saturated rings. The molecule has 2 nitrogen and oxygen atoms in total. The van der Waals surface area contributed by atoms with E-state index < -0.39 is 0 Å². The minimum atomic E-state index is 0.318. The van der Waals surface area contributed by atoms with E-state index in [2.05, 4.69) is 19.1 Å². The van der Waals surface area contributed by atoms with Crippen molar-refractivity contribution in [2.75, 3.05) is 6.54 Å². The Kier molecular flexibility index (Phi) is 3.05. The van der Waals surface area contributed by atoms with Crippen LogP contribution in [0.15, 0.2) is 30.3 Å². The number of likely N-dealkylation sites (tertiary alicyclic amines) is 1. The van der Waals surface area contributed by atoms with Crippen LogP contribution in [0.2, 0.25) is 0 Å². The van der Waals surface area contributed by atoms with Crippen molar-refractivity contribution in [3.05, 3.63) is 35.9 Å². The molecule has 0 aliphatic carbocycles. The fraction of sp³-hybridized carbons (Fsp3) is 0.462. The summed E-state index contributed by atoms with van der Waals surface area (Å²) in [6, 6.07) is 10.7. The molecule has 80 valence electrons. The first-order chi connectivity index (χ1) is 7.27. The van der Waals surface area contributed by atoms with E-state index in [0.29, 0.717) is 11.9 Å². The molecule has 0 aromatic heterocycles. The maximum Gasteiger partial charge on any atom is 0.222 e. The molecule has 1 aliphatic rings. The van der Waals surface area contributed by atoms with Crippen LogP contribution in [0, 0.1) is 0 Å². The van der Waals surface area contributed by atoms with Crippen molar-refractivity contribution < 1.29 is 4.79 Å². The van der Waals surface area contributed by atoms with E-state index >= 15 is 0 Å². The Morgan fingerprint density at radius 2 is 2.07 bits per heavy atom. The Morgan fingerprint density at radius 1 is 1.33 bits per heavy atom. The maximum atomic E-state index is 11.5. The molecule has 0 unspecified atom stereocenters. The van der Waals surface area contributed by atoms with Gasteiger partial charge in [-0.05, 0) is 25.3 Å². The summed E-state index contributed by atoms with van der Waals surface area (Å²) in [6.45, 7) is 3.07. The Hall–Kier alpha value is -1.31. The van der Waals surface area contributed by atoms with Crippen molar-refractivity contribution in [3.8, 4) is 0 Å². The van der Waals surface area contributed by atoms with Crippen molar-refractivity contribution in [2.24, 2.45) is 0 Å². The first-order valence-electron chi connectivity index (χ1n) is 5.61. The van der Waals surface area contributed by atoms with Crippen LogP contribution in [0.4, 0.5) is 0 Å². The molecule has 0 N–H and O–H groups in total.